The second-order valence-corrected chi connectivity index (χ2v) is 5.73. The average Bonchev–Trinajstić information content (AvgIpc) is 2.30. The van der Waals surface area contributed by atoms with E-state index < -0.39 is 0 Å². The van der Waals surface area contributed by atoms with Gasteiger partial charge in [0.05, 0.1) is 0 Å². The van der Waals surface area contributed by atoms with E-state index in [0.29, 0.717) is 5.92 Å². The molecule has 0 spiro atoms. The van der Waals surface area contributed by atoms with Crippen molar-refractivity contribution in [2.24, 2.45) is 0 Å². The number of hydrogen-bond donors (Lipinski definition) is 1. The van der Waals surface area contributed by atoms with Gasteiger partial charge in [0.1, 0.15) is 5.82 Å². The summed E-state index contributed by atoms with van der Waals surface area (Å²) in [6.07, 6.45) is 1.75. The Hall–Kier alpha value is -1.57. The Labute approximate surface area is 115 Å². The third-order valence-electron chi connectivity index (χ3n) is 3.87. The van der Waals surface area contributed by atoms with Gasteiger partial charge in [-0.2, -0.15) is 0 Å². The van der Waals surface area contributed by atoms with Crippen LogP contribution < -0.4 is 5.32 Å². The molecule has 1 N–H and O–H groups in total. The number of nitrogens with one attached hydrogen (secondary N) is 1. The van der Waals surface area contributed by atoms with E-state index in [9.17, 15) is 4.39 Å². The standard InChI is InChI=1S/C17H22FN/c1-10(2)14-8-11(3)17(16(18)9-14)15-7-6-12(4)19-13(15)5/h8-10,15,19H,4-7H2,1-3H3. The summed E-state index contributed by atoms with van der Waals surface area (Å²) in [6.45, 7) is 14.1. The highest BCUT2D eigenvalue weighted by Crippen LogP contribution is 2.36. The topological polar surface area (TPSA) is 12.0 Å². The van der Waals surface area contributed by atoms with Crippen molar-refractivity contribution in [3.05, 3.63) is 59.2 Å². The zero-order valence-corrected chi connectivity index (χ0v) is 12.0. The molecule has 2 heteroatoms. The second-order valence-electron chi connectivity index (χ2n) is 5.73. The van der Waals surface area contributed by atoms with E-state index in [1.54, 1.807) is 6.07 Å². The first-order valence-corrected chi connectivity index (χ1v) is 6.83. The van der Waals surface area contributed by atoms with Crippen LogP contribution in [0.1, 0.15) is 55.2 Å². The molecule has 2 rings (SSSR count). The van der Waals surface area contributed by atoms with Crippen molar-refractivity contribution >= 4 is 0 Å². The molecule has 0 amide bonds. The first-order valence-electron chi connectivity index (χ1n) is 6.83. The molecule has 1 aromatic rings. The van der Waals surface area contributed by atoms with Crippen LogP contribution in [-0.2, 0) is 0 Å². The van der Waals surface area contributed by atoms with Crippen LogP contribution in [0.4, 0.5) is 4.39 Å². The molecule has 0 bridgehead atoms. The molecule has 1 unspecified atom stereocenters. The summed E-state index contributed by atoms with van der Waals surface area (Å²) in [5.74, 6) is 0.283. The monoisotopic (exact) mass is 259 g/mol. The van der Waals surface area contributed by atoms with E-state index in [4.69, 9.17) is 0 Å². The molecule has 1 nitrogen and oxygen atoms in total. The number of halogens is 1. The lowest BCUT2D eigenvalue weighted by atomic mass is 9.84. The molecule has 102 valence electrons. The predicted molar refractivity (Wildman–Crippen MR) is 78.6 cm³/mol. The summed E-state index contributed by atoms with van der Waals surface area (Å²) in [7, 11) is 0. The molecule has 0 radical (unpaired) electrons. The van der Waals surface area contributed by atoms with Crippen LogP contribution >= 0.6 is 0 Å². The van der Waals surface area contributed by atoms with Crippen molar-refractivity contribution in [1.82, 2.24) is 5.32 Å². The van der Waals surface area contributed by atoms with E-state index in [-0.39, 0.29) is 11.7 Å². The van der Waals surface area contributed by atoms with Gasteiger partial charge in [0.25, 0.3) is 0 Å². The van der Waals surface area contributed by atoms with Gasteiger partial charge in [0, 0.05) is 17.3 Å². The summed E-state index contributed by atoms with van der Waals surface area (Å²) in [5.41, 5.74) is 4.68. The Morgan fingerprint density at radius 2 is 2.00 bits per heavy atom. The molecule has 0 saturated carbocycles. The third-order valence-corrected chi connectivity index (χ3v) is 3.87. The normalized spacial score (nSPS) is 19.7. The molecule has 1 heterocycles. The molecule has 0 aliphatic carbocycles. The smallest absolute Gasteiger partial charge is 0.127 e. The Bertz CT molecular complexity index is 505. The second kappa shape index (κ2) is 5.20. The van der Waals surface area contributed by atoms with Gasteiger partial charge in [0.15, 0.2) is 0 Å². The van der Waals surface area contributed by atoms with E-state index >= 15 is 0 Å². The third kappa shape index (κ3) is 2.73. The predicted octanol–water partition coefficient (Wildman–Crippen LogP) is 4.75. The van der Waals surface area contributed by atoms with Crippen molar-refractivity contribution in [2.75, 3.05) is 0 Å². The fourth-order valence-corrected chi connectivity index (χ4v) is 2.74. The number of allylic oxidation sites excluding steroid dienone is 2. The molecule has 1 aromatic carbocycles. The lowest BCUT2D eigenvalue weighted by Gasteiger charge is -2.29. The average molecular weight is 259 g/mol. The maximum Gasteiger partial charge on any atom is 0.127 e. The molecule has 1 aliphatic heterocycles. The van der Waals surface area contributed by atoms with Gasteiger partial charge in [-0.1, -0.05) is 33.1 Å². The molecular formula is C17H22FN. The zero-order valence-electron chi connectivity index (χ0n) is 12.0. The van der Waals surface area contributed by atoms with Crippen LogP contribution in [-0.4, -0.2) is 0 Å². The minimum atomic E-state index is -0.107. The van der Waals surface area contributed by atoms with Crippen molar-refractivity contribution < 1.29 is 4.39 Å². The van der Waals surface area contributed by atoms with E-state index in [2.05, 4.69) is 38.4 Å². The van der Waals surface area contributed by atoms with Crippen LogP contribution in [0.3, 0.4) is 0 Å². The quantitative estimate of drug-likeness (QED) is 0.808. The summed E-state index contributed by atoms with van der Waals surface area (Å²) < 4.78 is 14.4. The summed E-state index contributed by atoms with van der Waals surface area (Å²) in [4.78, 5) is 0. The van der Waals surface area contributed by atoms with E-state index in [1.807, 2.05) is 6.92 Å². The lowest BCUT2D eigenvalue weighted by molar-refractivity contribution is 0.540. The van der Waals surface area contributed by atoms with Crippen LogP contribution in [0.2, 0.25) is 0 Å². The molecule has 0 aromatic heterocycles. The highest BCUT2D eigenvalue weighted by Gasteiger charge is 2.25. The van der Waals surface area contributed by atoms with Crippen LogP contribution in [0.15, 0.2) is 36.7 Å². The van der Waals surface area contributed by atoms with Gasteiger partial charge >= 0.3 is 0 Å². The lowest BCUT2D eigenvalue weighted by Crippen LogP contribution is -2.24. The van der Waals surface area contributed by atoms with Gasteiger partial charge in [0.2, 0.25) is 0 Å². The maximum absolute atomic E-state index is 14.4. The highest BCUT2D eigenvalue weighted by atomic mass is 19.1. The molecule has 1 aliphatic rings. The first-order chi connectivity index (χ1) is 8.90. The molecular weight excluding hydrogens is 237 g/mol. The van der Waals surface area contributed by atoms with Crippen molar-refractivity contribution in [2.45, 2.75) is 45.4 Å². The van der Waals surface area contributed by atoms with E-state index in [1.165, 1.54) is 0 Å². The zero-order chi connectivity index (χ0) is 14.2. The summed E-state index contributed by atoms with van der Waals surface area (Å²) >= 11 is 0. The van der Waals surface area contributed by atoms with Crippen LogP contribution in [0.5, 0.6) is 0 Å². The fraction of sp³-hybridized carbons (Fsp3) is 0.412. The van der Waals surface area contributed by atoms with Crippen molar-refractivity contribution in [3.63, 3.8) is 0 Å². The number of rotatable bonds is 2. The maximum atomic E-state index is 14.4. The van der Waals surface area contributed by atoms with Crippen LogP contribution in [0, 0.1) is 12.7 Å². The molecule has 1 atom stereocenters. The number of piperidine rings is 1. The van der Waals surface area contributed by atoms with Crippen molar-refractivity contribution in [3.8, 4) is 0 Å². The van der Waals surface area contributed by atoms with Crippen LogP contribution in [0.25, 0.3) is 0 Å². The number of benzene rings is 1. The summed E-state index contributed by atoms with van der Waals surface area (Å²) in [5, 5.41) is 3.16. The van der Waals surface area contributed by atoms with Gasteiger partial charge in [-0.25, -0.2) is 4.39 Å². The first kappa shape index (κ1) is 13.9. The Morgan fingerprint density at radius 3 is 2.53 bits per heavy atom. The number of aryl methyl sites for hydroxylation is 1. The van der Waals surface area contributed by atoms with Gasteiger partial charge in [-0.15, -0.1) is 0 Å². The highest BCUT2D eigenvalue weighted by molar-refractivity contribution is 5.41. The van der Waals surface area contributed by atoms with Gasteiger partial charge in [-0.3, -0.25) is 0 Å². The Kier molecular flexibility index (Phi) is 3.79. The minimum Gasteiger partial charge on any atom is -0.363 e. The minimum absolute atomic E-state index is 0.0479. The SMILES string of the molecule is C=C1CCC(c2c(C)cc(C(C)C)cc2F)C(=C)N1. The van der Waals surface area contributed by atoms with Crippen molar-refractivity contribution in [1.29, 1.82) is 0 Å². The summed E-state index contributed by atoms with van der Waals surface area (Å²) in [6, 6.07) is 3.77. The largest absolute Gasteiger partial charge is 0.363 e. The fourth-order valence-electron chi connectivity index (χ4n) is 2.74. The molecule has 19 heavy (non-hydrogen) atoms. The Balaban J connectivity index is 2.40. The Morgan fingerprint density at radius 1 is 1.32 bits per heavy atom. The van der Waals surface area contributed by atoms with Gasteiger partial charge < -0.3 is 5.32 Å². The molecule has 1 saturated heterocycles. The van der Waals surface area contributed by atoms with E-state index in [0.717, 1.165) is 40.9 Å². The molecule has 1 fully saturated rings. The number of hydrogen-bond acceptors (Lipinski definition) is 1. The van der Waals surface area contributed by atoms with Gasteiger partial charge in [-0.05, 0) is 48.4 Å².